The first-order chi connectivity index (χ1) is 12.8. The standard InChI is InChI=1S/C19H22N2O4S2/c1-12(2)24-18-10-16(9-13-8-14(11-26-20)21-19(13)18)25-15-4-6-17(7-5-15)27(3,22)23/h4-10,12,21H,11,20H2,1-3H3. The fraction of sp³-hybridized carbons (Fsp3) is 0.263. The predicted molar refractivity (Wildman–Crippen MR) is 109 cm³/mol. The maximum atomic E-state index is 11.6. The Morgan fingerprint density at radius 2 is 1.81 bits per heavy atom. The molecular formula is C19H22N2O4S2. The van der Waals surface area contributed by atoms with E-state index in [0.717, 1.165) is 16.6 Å². The summed E-state index contributed by atoms with van der Waals surface area (Å²) in [5.74, 6) is 2.51. The molecule has 0 aliphatic carbocycles. The summed E-state index contributed by atoms with van der Waals surface area (Å²) < 4.78 is 35.0. The molecule has 1 heterocycles. The molecule has 144 valence electrons. The minimum Gasteiger partial charge on any atom is -0.489 e. The van der Waals surface area contributed by atoms with E-state index < -0.39 is 9.84 Å². The molecule has 0 saturated heterocycles. The van der Waals surface area contributed by atoms with Crippen molar-refractivity contribution in [3.8, 4) is 17.2 Å². The third-order valence-corrected chi connectivity index (χ3v) is 5.42. The van der Waals surface area contributed by atoms with Gasteiger partial charge in [0.15, 0.2) is 9.84 Å². The van der Waals surface area contributed by atoms with Crippen molar-refractivity contribution in [1.29, 1.82) is 0 Å². The number of hydrogen-bond acceptors (Lipinski definition) is 6. The summed E-state index contributed by atoms with van der Waals surface area (Å²) in [4.78, 5) is 3.59. The number of sulfone groups is 1. The van der Waals surface area contributed by atoms with Crippen LogP contribution in [-0.4, -0.2) is 25.8 Å². The van der Waals surface area contributed by atoms with E-state index in [1.165, 1.54) is 30.3 Å². The highest BCUT2D eigenvalue weighted by molar-refractivity contribution is 7.96. The lowest BCUT2D eigenvalue weighted by atomic mass is 10.2. The summed E-state index contributed by atoms with van der Waals surface area (Å²) in [6, 6.07) is 12.1. The highest BCUT2D eigenvalue weighted by Gasteiger charge is 2.13. The van der Waals surface area contributed by atoms with E-state index >= 15 is 0 Å². The molecule has 0 aliphatic rings. The molecule has 1 aromatic heterocycles. The largest absolute Gasteiger partial charge is 0.489 e. The number of rotatable bonds is 7. The lowest BCUT2D eigenvalue weighted by Crippen LogP contribution is -2.06. The monoisotopic (exact) mass is 406 g/mol. The van der Waals surface area contributed by atoms with Gasteiger partial charge in [0.25, 0.3) is 0 Å². The minimum atomic E-state index is -3.24. The molecule has 0 fully saturated rings. The number of aromatic amines is 1. The number of benzene rings is 2. The van der Waals surface area contributed by atoms with Crippen molar-refractivity contribution >= 4 is 32.7 Å². The van der Waals surface area contributed by atoms with E-state index in [0.29, 0.717) is 23.0 Å². The quantitative estimate of drug-likeness (QED) is 0.570. The Balaban J connectivity index is 1.95. The average Bonchev–Trinajstić information content (AvgIpc) is 2.97. The topological polar surface area (TPSA) is 94.4 Å². The van der Waals surface area contributed by atoms with Crippen LogP contribution in [0.1, 0.15) is 19.5 Å². The third kappa shape index (κ3) is 4.77. The van der Waals surface area contributed by atoms with Gasteiger partial charge in [0, 0.05) is 29.2 Å². The van der Waals surface area contributed by atoms with Crippen molar-refractivity contribution in [2.45, 2.75) is 30.6 Å². The van der Waals surface area contributed by atoms with Gasteiger partial charge in [-0.2, -0.15) is 0 Å². The number of H-pyrrole nitrogens is 1. The van der Waals surface area contributed by atoms with Crippen LogP contribution in [0, 0.1) is 0 Å². The fourth-order valence-electron chi connectivity index (χ4n) is 2.71. The van der Waals surface area contributed by atoms with Crippen molar-refractivity contribution in [2.24, 2.45) is 5.14 Å². The first-order valence-corrected chi connectivity index (χ1v) is 11.3. The average molecular weight is 407 g/mol. The zero-order chi connectivity index (χ0) is 19.6. The number of hydrogen-bond donors (Lipinski definition) is 2. The number of nitrogens with one attached hydrogen (secondary N) is 1. The molecule has 3 N–H and O–H groups in total. The van der Waals surface area contributed by atoms with Gasteiger partial charge in [-0.25, -0.2) is 8.42 Å². The second-order valence-electron chi connectivity index (χ2n) is 6.50. The van der Waals surface area contributed by atoms with Crippen molar-refractivity contribution in [3.05, 3.63) is 48.2 Å². The molecule has 6 nitrogen and oxygen atoms in total. The summed E-state index contributed by atoms with van der Waals surface area (Å²) in [7, 11) is -3.24. The van der Waals surface area contributed by atoms with E-state index in [1.54, 1.807) is 12.1 Å². The Morgan fingerprint density at radius 3 is 2.41 bits per heavy atom. The van der Waals surface area contributed by atoms with E-state index in [-0.39, 0.29) is 11.0 Å². The molecule has 0 spiro atoms. The Labute approximate surface area is 163 Å². The van der Waals surface area contributed by atoms with Crippen molar-refractivity contribution in [2.75, 3.05) is 6.26 Å². The van der Waals surface area contributed by atoms with E-state index in [9.17, 15) is 8.42 Å². The van der Waals surface area contributed by atoms with Crippen LogP contribution in [0.25, 0.3) is 10.9 Å². The van der Waals surface area contributed by atoms with Gasteiger partial charge in [-0.05, 0) is 50.2 Å². The van der Waals surface area contributed by atoms with Crippen LogP contribution in [0.15, 0.2) is 47.4 Å². The Bertz CT molecular complexity index is 1040. The van der Waals surface area contributed by atoms with Crippen LogP contribution in [-0.2, 0) is 15.6 Å². The van der Waals surface area contributed by atoms with Gasteiger partial charge in [0.05, 0.1) is 16.5 Å². The van der Waals surface area contributed by atoms with Crippen molar-refractivity contribution in [1.82, 2.24) is 4.98 Å². The van der Waals surface area contributed by atoms with Crippen LogP contribution < -0.4 is 14.6 Å². The molecule has 3 aromatic rings. The molecule has 0 unspecified atom stereocenters. The number of aromatic nitrogens is 1. The summed E-state index contributed by atoms with van der Waals surface area (Å²) in [6.07, 6.45) is 1.18. The Hall–Kier alpha value is -2.16. The fourth-order valence-corrected chi connectivity index (χ4v) is 3.67. The molecule has 2 aromatic carbocycles. The zero-order valence-corrected chi connectivity index (χ0v) is 17.0. The molecule has 0 bridgehead atoms. The molecule has 0 atom stereocenters. The highest BCUT2D eigenvalue weighted by Crippen LogP contribution is 2.35. The second kappa shape index (κ2) is 7.84. The number of fused-ring (bicyclic) bond motifs is 1. The van der Waals surface area contributed by atoms with Gasteiger partial charge in [-0.1, -0.05) is 11.9 Å². The molecule has 8 heteroatoms. The third-order valence-electron chi connectivity index (χ3n) is 3.81. The minimum absolute atomic E-state index is 0.00753. The SMILES string of the molecule is CC(C)Oc1cc(Oc2ccc(S(C)(=O)=O)cc2)cc2cc(CSN)[nH]c12. The molecule has 27 heavy (non-hydrogen) atoms. The summed E-state index contributed by atoms with van der Waals surface area (Å²) in [5.41, 5.74) is 1.90. The van der Waals surface area contributed by atoms with Gasteiger partial charge in [-0.15, -0.1) is 0 Å². The maximum Gasteiger partial charge on any atom is 0.175 e. The molecular weight excluding hydrogens is 384 g/mol. The van der Waals surface area contributed by atoms with E-state index in [1.807, 2.05) is 32.0 Å². The normalized spacial score (nSPS) is 11.9. The lowest BCUT2D eigenvalue weighted by molar-refractivity contribution is 0.244. The van der Waals surface area contributed by atoms with Crippen LogP contribution in [0.5, 0.6) is 17.2 Å². The number of nitrogens with two attached hydrogens (primary N) is 1. The molecule has 0 amide bonds. The molecule has 0 aliphatic heterocycles. The molecule has 0 radical (unpaired) electrons. The van der Waals surface area contributed by atoms with Gasteiger partial charge < -0.3 is 14.5 Å². The zero-order valence-electron chi connectivity index (χ0n) is 15.4. The van der Waals surface area contributed by atoms with Gasteiger partial charge in [-0.3, -0.25) is 5.14 Å². The van der Waals surface area contributed by atoms with Crippen LogP contribution in [0.2, 0.25) is 0 Å². The van der Waals surface area contributed by atoms with Crippen LogP contribution >= 0.6 is 11.9 Å². The summed E-state index contributed by atoms with van der Waals surface area (Å²) in [5, 5.41) is 6.53. The van der Waals surface area contributed by atoms with Crippen LogP contribution in [0.3, 0.4) is 0 Å². The molecule has 0 saturated carbocycles. The van der Waals surface area contributed by atoms with Gasteiger partial charge in [0.1, 0.15) is 17.2 Å². The maximum absolute atomic E-state index is 11.6. The highest BCUT2D eigenvalue weighted by atomic mass is 32.2. The number of ether oxygens (including phenoxy) is 2. The lowest BCUT2D eigenvalue weighted by Gasteiger charge is -2.13. The predicted octanol–water partition coefficient (Wildman–Crippen LogP) is 4.26. The van der Waals surface area contributed by atoms with E-state index in [2.05, 4.69) is 4.98 Å². The van der Waals surface area contributed by atoms with E-state index in [4.69, 9.17) is 14.6 Å². The smallest absolute Gasteiger partial charge is 0.175 e. The first kappa shape index (κ1) is 19.6. The van der Waals surface area contributed by atoms with Crippen molar-refractivity contribution < 1.29 is 17.9 Å². The Morgan fingerprint density at radius 1 is 1.11 bits per heavy atom. The second-order valence-corrected chi connectivity index (χ2v) is 9.14. The van der Waals surface area contributed by atoms with Crippen molar-refractivity contribution in [3.63, 3.8) is 0 Å². The van der Waals surface area contributed by atoms with Gasteiger partial charge in [0.2, 0.25) is 0 Å². The Kier molecular flexibility index (Phi) is 5.69. The summed E-state index contributed by atoms with van der Waals surface area (Å²) in [6.45, 7) is 3.92. The molecule has 3 rings (SSSR count). The first-order valence-electron chi connectivity index (χ1n) is 8.38. The van der Waals surface area contributed by atoms with Crippen LogP contribution in [0.4, 0.5) is 0 Å². The summed E-state index contributed by atoms with van der Waals surface area (Å²) >= 11 is 1.25. The van der Waals surface area contributed by atoms with Gasteiger partial charge >= 0.3 is 0 Å².